The predicted molar refractivity (Wildman–Crippen MR) is 99.2 cm³/mol. The number of hydrogen-bond acceptors (Lipinski definition) is 5. The summed E-state index contributed by atoms with van der Waals surface area (Å²) in [5, 5.41) is 6.86. The molecule has 0 radical (unpaired) electrons. The number of carbonyl (C=O) groups is 1. The minimum Gasteiger partial charge on any atom is -0.359 e. The molecule has 7 heteroatoms. The van der Waals surface area contributed by atoms with E-state index in [1.54, 1.807) is 30.9 Å². The Labute approximate surface area is 155 Å². The van der Waals surface area contributed by atoms with Crippen LogP contribution in [0.1, 0.15) is 5.76 Å². The van der Waals surface area contributed by atoms with Crippen LogP contribution >= 0.6 is 0 Å². The highest BCUT2D eigenvalue weighted by molar-refractivity contribution is 5.76. The lowest BCUT2D eigenvalue weighted by atomic mass is 10.2. The minimum absolute atomic E-state index is 0.135. The van der Waals surface area contributed by atoms with Crippen LogP contribution in [0.4, 0.5) is 0 Å². The van der Waals surface area contributed by atoms with Gasteiger partial charge >= 0.3 is 0 Å². The summed E-state index contributed by atoms with van der Waals surface area (Å²) >= 11 is 0. The lowest BCUT2D eigenvalue weighted by molar-refractivity contribution is -0.121. The fourth-order valence-electron chi connectivity index (χ4n) is 2.73. The highest BCUT2D eigenvalue weighted by Crippen LogP contribution is 2.18. The van der Waals surface area contributed by atoms with Crippen molar-refractivity contribution >= 4 is 5.91 Å². The van der Waals surface area contributed by atoms with Crippen LogP contribution in [0.15, 0.2) is 77.8 Å². The molecular weight excluding hydrogens is 342 g/mol. The largest absolute Gasteiger partial charge is 0.359 e. The van der Waals surface area contributed by atoms with Crippen LogP contribution in [0.2, 0.25) is 0 Å². The maximum absolute atomic E-state index is 12.3. The van der Waals surface area contributed by atoms with Gasteiger partial charge in [-0.05, 0) is 12.1 Å². The maximum atomic E-state index is 12.3. The van der Waals surface area contributed by atoms with Crippen molar-refractivity contribution in [3.05, 3.63) is 79.1 Å². The van der Waals surface area contributed by atoms with Gasteiger partial charge in [-0.2, -0.15) is 0 Å². The van der Waals surface area contributed by atoms with Crippen molar-refractivity contribution in [2.45, 2.75) is 13.1 Å². The van der Waals surface area contributed by atoms with Crippen LogP contribution < -0.4 is 5.32 Å². The Morgan fingerprint density at radius 2 is 1.93 bits per heavy atom. The number of nitrogens with one attached hydrogen (secondary N) is 1. The normalized spacial score (nSPS) is 10.7. The molecule has 1 amide bonds. The quantitative estimate of drug-likeness (QED) is 0.572. The molecule has 0 bridgehead atoms. The molecule has 3 heterocycles. The molecule has 1 N–H and O–H groups in total. The SMILES string of the molecule is O=C(Cn1ccnc1-c1ccccc1)NCc1cc(-c2cccnc2)no1. The second kappa shape index (κ2) is 7.65. The molecule has 134 valence electrons. The van der Waals surface area contributed by atoms with Crippen molar-refractivity contribution in [2.24, 2.45) is 0 Å². The van der Waals surface area contributed by atoms with E-state index in [2.05, 4.69) is 20.4 Å². The summed E-state index contributed by atoms with van der Waals surface area (Å²) in [5.74, 6) is 1.20. The lowest BCUT2D eigenvalue weighted by Crippen LogP contribution is -2.27. The van der Waals surface area contributed by atoms with Crippen LogP contribution in [-0.4, -0.2) is 25.6 Å². The molecule has 0 aliphatic carbocycles. The molecule has 0 fully saturated rings. The zero-order valence-corrected chi connectivity index (χ0v) is 14.4. The number of hydrogen-bond donors (Lipinski definition) is 1. The number of carbonyl (C=O) groups excluding carboxylic acids is 1. The van der Waals surface area contributed by atoms with Gasteiger partial charge in [0.1, 0.15) is 18.1 Å². The molecule has 7 nitrogen and oxygen atoms in total. The van der Waals surface area contributed by atoms with Gasteiger partial charge in [0.15, 0.2) is 5.76 Å². The number of pyridine rings is 1. The number of amides is 1. The fourth-order valence-corrected chi connectivity index (χ4v) is 2.73. The molecule has 4 aromatic rings. The molecule has 0 aliphatic heterocycles. The number of nitrogens with zero attached hydrogens (tertiary/aromatic N) is 4. The summed E-state index contributed by atoms with van der Waals surface area (Å²) in [5.41, 5.74) is 2.52. The molecule has 0 spiro atoms. The topological polar surface area (TPSA) is 85.8 Å². The first-order valence-electron chi connectivity index (χ1n) is 8.49. The van der Waals surface area contributed by atoms with Gasteiger partial charge in [0.05, 0.1) is 6.54 Å². The van der Waals surface area contributed by atoms with Gasteiger partial charge in [-0.25, -0.2) is 4.98 Å². The minimum atomic E-state index is -0.135. The molecule has 0 aliphatic rings. The summed E-state index contributed by atoms with van der Waals surface area (Å²) in [6.07, 6.45) is 6.89. The lowest BCUT2D eigenvalue weighted by Gasteiger charge is -2.08. The molecule has 4 rings (SSSR count). The third kappa shape index (κ3) is 3.92. The second-order valence-corrected chi connectivity index (χ2v) is 5.94. The standard InChI is InChI=1S/C20H17N5O2/c26-19(14-25-10-9-22-20(25)15-5-2-1-3-6-15)23-13-17-11-18(24-27-17)16-7-4-8-21-12-16/h1-12H,13-14H2,(H,23,26). The van der Waals surface area contributed by atoms with Crippen molar-refractivity contribution in [1.82, 2.24) is 25.0 Å². The van der Waals surface area contributed by atoms with Crippen LogP contribution in [0.5, 0.6) is 0 Å². The molecular formula is C20H17N5O2. The van der Waals surface area contributed by atoms with E-state index in [-0.39, 0.29) is 19.0 Å². The van der Waals surface area contributed by atoms with Crippen molar-refractivity contribution in [3.8, 4) is 22.6 Å². The Kier molecular flexibility index (Phi) is 4.74. The highest BCUT2D eigenvalue weighted by Gasteiger charge is 2.11. The van der Waals surface area contributed by atoms with Crippen LogP contribution in [0, 0.1) is 0 Å². The molecule has 0 saturated heterocycles. The Morgan fingerprint density at radius 1 is 1.07 bits per heavy atom. The van der Waals surface area contributed by atoms with Crippen molar-refractivity contribution in [2.75, 3.05) is 0 Å². The highest BCUT2D eigenvalue weighted by atomic mass is 16.5. The van der Waals surface area contributed by atoms with Crippen LogP contribution in [-0.2, 0) is 17.9 Å². The zero-order chi connectivity index (χ0) is 18.5. The Balaban J connectivity index is 1.37. The monoisotopic (exact) mass is 359 g/mol. The maximum Gasteiger partial charge on any atom is 0.240 e. The fraction of sp³-hybridized carbons (Fsp3) is 0.100. The van der Waals surface area contributed by atoms with E-state index in [0.29, 0.717) is 11.5 Å². The van der Waals surface area contributed by atoms with Gasteiger partial charge in [-0.1, -0.05) is 35.5 Å². The molecule has 0 saturated carbocycles. The average Bonchev–Trinajstić information content (AvgIpc) is 3.37. The van der Waals surface area contributed by atoms with E-state index in [1.165, 1.54) is 0 Å². The summed E-state index contributed by atoms with van der Waals surface area (Å²) in [6, 6.07) is 15.3. The zero-order valence-electron chi connectivity index (χ0n) is 14.4. The van der Waals surface area contributed by atoms with Crippen molar-refractivity contribution in [1.29, 1.82) is 0 Å². The van der Waals surface area contributed by atoms with Gasteiger partial charge in [-0.15, -0.1) is 0 Å². The molecule has 0 unspecified atom stereocenters. The van der Waals surface area contributed by atoms with Crippen molar-refractivity contribution in [3.63, 3.8) is 0 Å². The third-order valence-corrected chi connectivity index (χ3v) is 4.04. The molecule has 3 aromatic heterocycles. The average molecular weight is 359 g/mol. The number of benzene rings is 1. The number of rotatable bonds is 6. The number of imidazole rings is 1. The van der Waals surface area contributed by atoms with Crippen LogP contribution in [0.25, 0.3) is 22.6 Å². The Morgan fingerprint density at radius 3 is 2.74 bits per heavy atom. The van der Waals surface area contributed by atoms with E-state index in [1.807, 2.05) is 47.0 Å². The van der Waals surface area contributed by atoms with Gasteiger partial charge in [0.2, 0.25) is 5.91 Å². The summed E-state index contributed by atoms with van der Waals surface area (Å²) in [7, 11) is 0. The Hall–Kier alpha value is -3.74. The second-order valence-electron chi connectivity index (χ2n) is 5.94. The van der Waals surface area contributed by atoms with E-state index in [9.17, 15) is 4.79 Å². The number of aromatic nitrogens is 4. The first-order valence-corrected chi connectivity index (χ1v) is 8.49. The first kappa shape index (κ1) is 16.7. The van der Waals surface area contributed by atoms with Crippen molar-refractivity contribution < 1.29 is 9.32 Å². The summed E-state index contributed by atoms with van der Waals surface area (Å²) in [4.78, 5) is 20.7. The van der Waals surface area contributed by atoms with Gasteiger partial charge < -0.3 is 14.4 Å². The van der Waals surface area contributed by atoms with Gasteiger partial charge in [-0.3, -0.25) is 9.78 Å². The van der Waals surface area contributed by atoms with Gasteiger partial charge in [0.25, 0.3) is 0 Å². The van der Waals surface area contributed by atoms with E-state index < -0.39 is 0 Å². The summed E-state index contributed by atoms with van der Waals surface area (Å²) in [6.45, 7) is 0.440. The third-order valence-electron chi connectivity index (χ3n) is 4.04. The van der Waals surface area contributed by atoms with Crippen LogP contribution in [0.3, 0.4) is 0 Å². The molecule has 0 atom stereocenters. The summed E-state index contributed by atoms with van der Waals surface area (Å²) < 4.78 is 7.10. The van der Waals surface area contributed by atoms with E-state index in [0.717, 1.165) is 17.0 Å². The van der Waals surface area contributed by atoms with E-state index in [4.69, 9.17) is 4.52 Å². The first-order chi connectivity index (χ1) is 13.3. The molecule has 1 aromatic carbocycles. The Bertz CT molecular complexity index is 1020. The smallest absolute Gasteiger partial charge is 0.240 e. The van der Waals surface area contributed by atoms with Gasteiger partial charge in [0, 0.05) is 42.0 Å². The van der Waals surface area contributed by atoms with E-state index >= 15 is 0 Å². The predicted octanol–water partition coefficient (Wildman–Crippen LogP) is 2.92. The molecule has 27 heavy (non-hydrogen) atoms.